The van der Waals surface area contributed by atoms with Crippen molar-refractivity contribution in [3.8, 4) is 0 Å². The molecule has 1 aliphatic rings. The maximum Gasteiger partial charge on any atom is 0.144 e. The van der Waals surface area contributed by atoms with Gasteiger partial charge in [0.15, 0.2) is 0 Å². The van der Waals surface area contributed by atoms with Gasteiger partial charge in [0, 0.05) is 6.21 Å². The summed E-state index contributed by atoms with van der Waals surface area (Å²) in [6.07, 6.45) is 7.00. The largest absolute Gasteiger partial charge is 0.234 e. The molecule has 0 bridgehead atoms. The summed E-state index contributed by atoms with van der Waals surface area (Å²) in [4.78, 5) is 0. The van der Waals surface area contributed by atoms with Crippen LogP contribution < -0.4 is 0 Å². The Bertz CT molecular complexity index is 255. The van der Waals surface area contributed by atoms with Crippen LogP contribution in [0.4, 0.5) is 0 Å². The van der Waals surface area contributed by atoms with Crippen LogP contribution in [0, 0.1) is 11.8 Å². The van der Waals surface area contributed by atoms with E-state index in [1.54, 1.807) is 0 Å². The van der Waals surface area contributed by atoms with Crippen molar-refractivity contribution in [2.75, 3.05) is 0 Å². The lowest BCUT2D eigenvalue weighted by Crippen LogP contribution is -2.21. The van der Waals surface area contributed by atoms with Crippen LogP contribution in [0.1, 0.15) is 53.4 Å². The summed E-state index contributed by atoms with van der Waals surface area (Å²) in [5.41, 5.74) is 0. The highest BCUT2D eigenvalue weighted by Gasteiger charge is 2.20. The highest BCUT2D eigenvalue weighted by atomic mass is 32.2. The number of hydrogen-bond donors (Lipinski definition) is 0. The molecule has 0 aromatic carbocycles. The third-order valence-electron chi connectivity index (χ3n) is 2.87. The van der Waals surface area contributed by atoms with Gasteiger partial charge in [-0.2, -0.15) is 4.40 Å². The molecule has 0 aliphatic heterocycles. The van der Waals surface area contributed by atoms with Crippen molar-refractivity contribution in [2.45, 2.75) is 58.1 Å². The minimum Gasteiger partial charge on any atom is -0.234 e. The fraction of sp³-hybridized carbons (Fsp3) is 0.917. The molecule has 15 heavy (non-hydrogen) atoms. The van der Waals surface area contributed by atoms with Crippen molar-refractivity contribution >= 4 is 17.2 Å². The third kappa shape index (κ3) is 4.45. The fourth-order valence-electron chi connectivity index (χ4n) is 1.92. The van der Waals surface area contributed by atoms with E-state index in [4.69, 9.17) is 0 Å². The van der Waals surface area contributed by atoms with Gasteiger partial charge in [-0.05, 0) is 45.4 Å². The molecule has 1 rings (SSSR count). The van der Waals surface area contributed by atoms with Crippen LogP contribution in [0.5, 0.6) is 0 Å². The van der Waals surface area contributed by atoms with Crippen LogP contribution in [-0.2, 0) is 11.0 Å². The van der Waals surface area contributed by atoms with Crippen LogP contribution in [0.3, 0.4) is 0 Å². The zero-order chi connectivity index (χ0) is 11.5. The van der Waals surface area contributed by atoms with Crippen molar-refractivity contribution in [3.63, 3.8) is 0 Å². The molecule has 0 N–H and O–H groups in total. The predicted octanol–water partition coefficient (Wildman–Crippen LogP) is 3.35. The number of nitrogens with zero attached hydrogens (tertiary/aromatic N) is 1. The van der Waals surface area contributed by atoms with E-state index in [2.05, 4.69) is 11.3 Å². The van der Waals surface area contributed by atoms with Crippen LogP contribution in [0.2, 0.25) is 0 Å². The molecule has 1 saturated carbocycles. The Morgan fingerprint density at radius 3 is 2.53 bits per heavy atom. The molecule has 0 spiro atoms. The van der Waals surface area contributed by atoms with Gasteiger partial charge in [-0.25, -0.2) is 4.21 Å². The Morgan fingerprint density at radius 2 is 2.00 bits per heavy atom. The quantitative estimate of drug-likeness (QED) is 0.668. The van der Waals surface area contributed by atoms with Crippen LogP contribution in [0.25, 0.3) is 0 Å². The Labute approximate surface area is 96.2 Å². The van der Waals surface area contributed by atoms with E-state index in [9.17, 15) is 4.21 Å². The highest BCUT2D eigenvalue weighted by Crippen LogP contribution is 2.27. The minimum atomic E-state index is -1.08. The Morgan fingerprint density at radius 1 is 1.33 bits per heavy atom. The third-order valence-corrected chi connectivity index (χ3v) is 4.23. The standard InChI is InChI=1S/C12H23NOS/c1-10-6-5-7-11(8-10)9-13-15(14)12(2,3)4/h9-11H,5-8H2,1-4H3. The Balaban J connectivity index is 2.47. The van der Waals surface area contributed by atoms with Gasteiger partial charge >= 0.3 is 0 Å². The second-order valence-corrected chi connectivity index (χ2v) is 7.58. The first-order valence-electron chi connectivity index (χ1n) is 5.86. The summed E-state index contributed by atoms with van der Waals surface area (Å²) in [6.45, 7) is 8.18. The second-order valence-electron chi connectivity index (χ2n) is 5.65. The molecule has 1 aliphatic carbocycles. The second kappa shape index (κ2) is 5.24. The first-order valence-corrected chi connectivity index (χ1v) is 6.96. The van der Waals surface area contributed by atoms with Gasteiger partial charge in [-0.3, -0.25) is 0 Å². The lowest BCUT2D eigenvalue weighted by Gasteiger charge is -2.23. The van der Waals surface area contributed by atoms with Crippen LogP contribution in [-0.4, -0.2) is 15.2 Å². The maximum atomic E-state index is 11.7. The maximum absolute atomic E-state index is 11.7. The van der Waals surface area contributed by atoms with Gasteiger partial charge in [0.1, 0.15) is 11.0 Å². The van der Waals surface area contributed by atoms with Crippen molar-refractivity contribution in [1.82, 2.24) is 0 Å². The van der Waals surface area contributed by atoms with Crippen molar-refractivity contribution < 1.29 is 4.21 Å². The van der Waals surface area contributed by atoms with E-state index in [0.29, 0.717) is 5.92 Å². The van der Waals surface area contributed by atoms with Gasteiger partial charge in [0.05, 0.1) is 4.75 Å². The van der Waals surface area contributed by atoms with E-state index in [-0.39, 0.29) is 4.75 Å². The molecule has 3 atom stereocenters. The highest BCUT2D eigenvalue weighted by molar-refractivity contribution is 7.85. The Hall–Kier alpha value is -0.180. The first-order chi connectivity index (χ1) is 6.89. The SMILES string of the molecule is CC1CCCC(C=NS(=O)C(C)(C)C)C1. The van der Waals surface area contributed by atoms with E-state index < -0.39 is 11.0 Å². The zero-order valence-electron chi connectivity index (χ0n) is 10.3. The van der Waals surface area contributed by atoms with E-state index >= 15 is 0 Å². The predicted molar refractivity (Wildman–Crippen MR) is 67.5 cm³/mol. The van der Waals surface area contributed by atoms with Gasteiger partial charge in [-0.15, -0.1) is 0 Å². The number of rotatable bonds is 2. The topological polar surface area (TPSA) is 29.4 Å². The molecule has 2 nitrogen and oxygen atoms in total. The van der Waals surface area contributed by atoms with Gasteiger partial charge in [-0.1, -0.05) is 19.8 Å². The van der Waals surface area contributed by atoms with Crippen molar-refractivity contribution in [3.05, 3.63) is 0 Å². The molecule has 0 saturated heterocycles. The average Bonchev–Trinajstić information content (AvgIpc) is 2.12. The molecule has 0 amide bonds. The van der Waals surface area contributed by atoms with E-state index in [0.717, 1.165) is 5.92 Å². The molecule has 3 heteroatoms. The van der Waals surface area contributed by atoms with Crippen LogP contribution >= 0.6 is 0 Å². The average molecular weight is 229 g/mol. The van der Waals surface area contributed by atoms with Crippen molar-refractivity contribution in [2.24, 2.45) is 16.2 Å². The zero-order valence-corrected chi connectivity index (χ0v) is 11.1. The molecule has 88 valence electrons. The summed E-state index contributed by atoms with van der Waals surface area (Å²) >= 11 is 0. The smallest absolute Gasteiger partial charge is 0.144 e. The monoisotopic (exact) mass is 229 g/mol. The first kappa shape index (κ1) is 12.9. The summed E-state index contributed by atoms with van der Waals surface area (Å²) < 4.78 is 15.7. The molecular weight excluding hydrogens is 206 g/mol. The lowest BCUT2D eigenvalue weighted by molar-refractivity contribution is 0.343. The van der Waals surface area contributed by atoms with Crippen LogP contribution in [0.15, 0.2) is 4.40 Å². The summed E-state index contributed by atoms with van der Waals surface area (Å²) in [7, 11) is -1.08. The van der Waals surface area contributed by atoms with E-state index in [1.807, 2.05) is 27.0 Å². The fourth-order valence-corrected chi connectivity index (χ4v) is 2.51. The number of hydrogen-bond acceptors (Lipinski definition) is 1. The molecule has 0 radical (unpaired) electrons. The molecular formula is C12H23NOS. The summed E-state index contributed by atoms with van der Waals surface area (Å²) in [6, 6.07) is 0. The normalized spacial score (nSPS) is 30.7. The molecule has 0 heterocycles. The van der Waals surface area contributed by atoms with Crippen molar-refractivity contribution in [1.29, 1.82) is 0 Å². The lowest BCUT2D eigenvalue weighted by atomic mass is 9.83. The molecule has 1 fully saturated rings. The Kier molecular flexibility index (Phi) is 4.50. The molecule has 0 aromatic heterocycles. The van der Waals surface area contributed by atoms with Gasteiger partial charge in [0.2, 0.25) is 0 Å². The molecule has 3 unspecified atom stereocenters. The molecule has 0 aromatic rings. The summed E-state index contributed by atoms with van der Waals surface area (Å²) in [5.74, 6) is 1.36. The van der Waals surface area contributed by atoms with Gasteiger partial charge in [0.25, 0.3) is 0 Å². The minimum absolute atomic E-state index is 0.225. The van der Waals surface area contributed by atoms with E-state index in [1.165, 1.54) is 25.7 Å². The summed E-state index contributed by atoms with van der Waals surface area (Å²) in [5, 5.41) is 0. The van der Waals surface area contributed by atoms with Gasteiger partial charge < -0.3 is 0 Å².